The first-order valence-corrected chi connectivity index (χ1v) is 8.77. The fraction of sp³-hybridized carbons (Fsp3) is 0.300. The Morgan fingerprint density at radius 1 is 1.19 bits per heavy atom. The molecule has 0 fully saturated rings. The molecular formula is C20H23ClN2O4. The van der Waals surface area contributed by atoms with Crippen LogP contribution in [-0.4, -0.2) is 25.6 Å². The van der Waals surface area contributed by atoms with Crippen LogP contribution in [-0.2, 0) is 9.53 Å². The lowest BCUT2D eigenvalue weighted by molar-refractivity contribution is -0.124. The van der Waals surface area contributed by atoms with E-state index in [1.54, 1.807) is 0 Å². The molecule has 144 valence electrons. The molecule has 0 unspecified atom stereocenters. The van der Waals surface area contributed by atoms with Gasteiger partial charge < -0.3 is 20.5 Å². The molecule has 1 amide bonds. The molecule has 0 aliphatic rings. The van der Waals surface area contributed by atoms with Crippen LogP contribution in [0.4, 0.5) is 5.69 Å². The lowest BCUT2D eigenvalue weighted by Crippen LogP contribution is -2.31. The number of anilines is 1. The van der Waals surface area contributed by atoms with Crippen LogP contribution < -0.4 is 15.8 Å². The predicted octanol–water partition coefficient (Wildman–Crippen LogP) is 3.58. The number of aryl methyl sites for hydroxylation is 2. The van der Waals surface area contributed by atoms with E-state index in [2.05, 4.69) is 5.32 Å². The minimum absolute atomic E-state index is 0.103. The van der Waals surface area contributed by atoms with Crippen molar-refractivity contribution in [3.63, 3.8) is 0 Å². The SMILES string of the molecule is COc1cc(N)c(Cl)cc1C(=O)OCC(=O)N[C@H](C)c1ccc(C)c(C)c1. The van der Waals surface area contributed by atoms with E-state index in [0.29, 0.717) is 0 Å². The van der Waals surface area contributed by atoms with Gasteiger partial charge in [0.25, 0.3) is 5.91 Å². The van der Waals surface area contributed by atoms with Gasteiger partial charge >= 0.3 is 5.97 Å². The van der Waals surface area contributed by atoms with Crippen LogP contribution in [0.3, 0.4) is 0 Å². The molecule has 2 aromatic rings. The number of esters is 1. The van der Waals surface area contributed by atoms with Gasteiger partial charge in [0.2, 0.25) is 0 Å². The highest BCUT2D eigenvalue weighted by Gasteiger charge is 2.18. The zero-order valence-electron chi connectivity index (χ0n) is 15.8. The van der Waals surface area contributed by atoms with Crippen molar-refractivity contribution in [2.24, 2.45) is 0 Å². The summed E-state index contributed by atoms with van der Waals surface area (Å²) in [4.78, 5) is 24.4. The number of nitrogen functional groups attached to an aromatic ring is 1. The average Bonchev–Trinajstić information content (AvgIpc) is 2.63. The second-order valence-electron chi connectivity index (χ2n) is 6.28. The molecule has 0 heterocycles. The van der Waals surface area contributed by atoms with E-state index in [1.807, 2.05) is 39.0 Å². The minimum atomic E-state index is -0.720. The van der Waals surface area contributed by atoms with E-state index < -0.39 is 18.5 Å². The van der Waals surface area contributed by atoms with Crippen LogP contribution in [0.2, 0.25) is 5.02 Å². The maximum absolute atomic E-state index is 12.2. The normalized spacial score (nSPS) is 11.6. The van der Waals surface area contributed by atoms with Gasteiger partial charge in [-0.25, -0.2) is 4.79 Å². The van der Waals surface area contributed by atoms with Gasteiger partial charge in [0, 0.05) is 6.07 Å². The number of ether oxygens (including phenoxy) is 2. The molecule has 0 bridgehead atoms. The van der Waals surface area contributed by atoms with Crippen molar-refractivity contribution in [2.75, 3.05) is 19.5 Å². The fourth-order valence-corrected chi connectivity index (χ4v) is 2.67. The Kier molecular flexibility index (Phi) is 6.69. The Bertz CT molecular complexity index is 867. The summed E-state index contributed by atoms with van der Waals surface area (Å²) in [6.45, 7) is 5.49. The number of carbonyl (C=O) groups excluding carboxylic acids is 2. The predicted molar refractivity (Wildman–Crippen MR) is 105 cm³/mol. The standard InChI is InChI=1S/C20H23ClN2O4/c1-11-5-6-14(7-12(11)2)13(3)23-19(24)10-27-20(25)15-8-16(21)17(22)9-18(15)26-4/h5-9,13H,10,22H2,1-4H3,(H,23,24)/t13-/m1/s1. The number of benzene rings is 2. The Hall–Kier alpha value is -2.73. The molecule has 3 N–H and O–H groups in total. The van der Waals surface area contributed by atoms with Crippen LogP contribution in [0, 0.1) is 13.8 Å². The highest BCUT2D eigenvalue weighted by atomic mass is 35.5. The van der Waals surface area contributed by atoms with Crippen molar-refractivity contribution >= 4 is 29.2 Å². The first-order valence-electron chi connectivity index (χ1n) is 8.39. The highest BCUT2D eigenvalue weighted by molar-refractivity contribution is 6.33. The molecule has 0 aliphatic heterocycles. The smallest absolute Gasteiger partial charge is 0.342 e. The summed E-state index contributed by atoms with van der Waals surface area (Å²) >= 11 is 5.94. The van der Waals surface area contributed by atoms with E-state index >= 15 is 0 Å². The van der Waals surface area contributed by atoms with Gasteiger partial charge in [-0.05, 0) is 43.5 Å². The Morgan fingerprint density at radius 3 is 2.52 bits per heavy atom. The molecule has 0 radical (unpaired) electrons. The molecule has 0 aliphatic carbocycles. The lowest BCUT2D eigenvalue weighted by atomic mass is 10.0. The topological polar surface area (TPSA) is 90.7 Å². The summed E-state index contributed by atoms with van der Waals surface area (Å²) in [6.07, 6.45) is 0. The third kappa shape index (κ3) is 5.14. The largest absolute Gasteiger partial charge is 0.496 e. The van der Waals surface area contributed by atoms with Crippen molar-refractivity contribution < 1.29 is 19.1 Å². The number of nitrogens with one attached hydrogen (secondary N) is 1. The molecule has 7 heteroatoms. The molecule has 27 heavy (non-hydrogen) atoms. The second kappa shape index (κ2) is 8.77. The first-order chi connectivity index (χ1) is 12.7. The average molecular weight is 391 g/mol. The molecule has 1 atom stereocenters. The van der Waals surface area contributed by atoms with Crippen LogP contribution >= 0.6 is 11.6 Å². The Labute approximate surface area is 163 Å². The van der Waals surface area contributed by atoms with Gasteiger partial charge in [0.15, 0.2) is 6.61 Å². The van der Waals surface area contributed by atoms with Crippen molar-refractivity contribution in [2.45, 2.75) is 26.8 Å². The number of nitrogens with two attached hydrogens (primary N) is 1. The number of hydrogen-bond donors (Lipinski definition) is 2. The summed E-state index contributed by atoms with van der Waals surface area (Å²) in [5.74, 6) is -0.900. The van der Waals surface area contributed by atoms with Crippen LogP contribution in [0.25, 0.3) is 0 Å². The third-order valence-corrected chi connectivity index (χ3v) is 4.61. The van der Waals surface area contributed by atoms with Crippen LogP contribution in [0.1, 0.15) is 40.0 Å². The zero-order valence-corrected chi connectivity index (χ0v) is 16.5. The van der Waals surface area contributed by atoms with Crippen molar-refractivity contribution in [1.82, 2.24) is 5.32 Å². The number of methoxy groups -OCH3 is 1. The van der Waals surface area contributed by atoms with Crippen molar-refractivity contribution in [1.29, 1.82) is 0 Å². The summed E-state index contributed by atoms with van der Waals surface area (Å²) in [5.41, 5.74) is 9.38. The number of rotatable bonds is 6. The second-order valence-corrected chi connectivity index (χ2v) is 6.69. The maximum atomic E-state index is 12.2. The van der Waals surface area contributed by atoms with Gasteiger partial charge in [-0.3, -0.25) is 4.79 Å². The number of amides is 1. The molecule has 0 saturated heterocycles. The summed E-state index contributed by atoms with van der Waals surface area (Å²) in [5, 5.41) is 3.01. The summed E-state index contributed by atoms with van der Waals surface area (Å²) < 4.78 is 10.2. The van der Waals surface area contributed by atoms with Crippen molar-refractivity contribution in [3.05, 3.63) is 57.6 Å². The molecular weight excluding hydrogens is 368 g/mol. The summed E-state index contributed by atoms with van der Waals surface area (Å²) in [6, 6.07) is 8.56. The highest BCUT2D eigenvalue weighted by Crippen LogP contribution is 2.29. The Balaban J connectivity index is 1.98. The third-order valence-electron chi connectivity index (χ3n) is 4.28. The monoisotopic (exact) mass is 390 g/mol. The van der Waals surface area contributed by atoms with Crippen molar-refractivity contribution in [3.8, 4) is 5.75 Å². The Morgan fingerprint density at radius 2 is 1.89 bits per heavy atom. The van der Waals surface area contributed by atoms with Gasteiger partial charge in [0.05, 0.1) is 23.9 Å². The molecule has 0 aromatic heterocycles. The summed E-state index contributed by atoms with van der Waals surface area (Å²) in [7, 11) is 1.40. The van der Waals surface area contributed by atoms with E-state index in [-0.39, 0.29) is 28.1 Å². The molecule has 2 rings (SSSR count). The van der Waals surface area contributed by atoms with E-state index in [4.69, 9.17) is 26.8 Å². The van der Waals surface area contributed by atoms with Gasteiger partial charge in [-0.2, -0.15) is 0 Å². The number of hydrogen-bond acceptors (Lipinski definition) is 5. The van der Waals surface area contributed by atoms with Gasteiger partial charge in [0.1, 0.15) is 11.3 Å². The molecule has 0 spiro atoms. The van der Waals surface area contributed by atoms with E-state index in [9.17, 15) is 9.59 Å². The fourth-order valence-electron chi connectivity index (χ4n) is 2.51. The van der Waals surface area contributed by atoms with Gasteiger partial charge in [-0.1, -0.05) is 29.8 Å². The van der Waals surface area contributed by atoms with Crippen LogP contribution in [0.5, 0.6) is 5.75 Å². The molecule has 6 nitrogen and oxygen atoms in total. The first kappa shape index (κ1) is 20.6. The minimum Gasteiger partial charge on any atom is -0.496 e. The maximum Gasteiger partial charge on any atom is 0.342 e. The number of halogens is 1. The van der Waals surface area contributed by atoms with E-state index in [1.165, 1.54) is 24.8 Å². The number of carbonyl (C=O) groups is 2. The zero-order chi connectivity index (χ0) is 20.1. The molecule has 0 saturated carbocycles. The van der Waals surface area contributed by atoms with Gasteiger partial charge in [-0.15, -0.1) is 0 Å². The molecule has 2 aromatic carbocycles. The lowest BCUT2D eigenvalue weighted by Gasteiger charge is -2.16. The van der Waals surface area contributed by atoms with E-state index in [0.717, 1.165) is 11.1 Å². The van der Waals surface area contributed by atoms with Crippen LogP contribution in [0.15, 0.2) is 30.3 Å². The quantitative estimate of drug-likeness (QED) is 0.581.